The molecule has 0 saturated heterocycles. The van der Waals surface area contributed by atoms with Crippen LogP contribution in [-0.4, -0.2) is 22.3 Å². The maximum absolute atomic E-state index is 10.5. The molecule has 12 heavy (non-hydrogen) atoms. The Bertz CT molecular complexity index is 335. The van der Waals surface area contributed by atoms with Crippen LogP contribution in [0.15, 0.2) is 12.4 Å². The van der Waals surface area contributed by atoms with E-state index in [1.807, 2.05) is 0 Å². The summed E-state index contributed by atoms with van der Waals surface area (Å²) in [4.78, 5) is 24.3. The maximum Gasteiger partial charge on any atom is 0.339 e. The molecular weight excluding hydrogens is 160 g/mol. The molecule has 0 fully saturated rings. The van der Waals surface area contributed by atoms with Gasteiger partial charge in [-0.2, -0.15) is 0 Å². The van der Waals surface area contributed by atoms with Crippen molar-refractivity contribution in [2.24, 2.45) is 0 Å². The minimum atomic E-state index is -1.19. The Morgan fingerprint density at radius 3 is 2.75 bits per heavy atom. The average Bonchev–Trinajstić information content (AvgIpc) is 2.04. The summed E-state index contributed by atoms with van der Waals surface area (Å²) in [6, 6.07) is 0. The van der Waals surface area contributed by atoms with Crippen molar-refractivity contribution in [1.29, 1.82) is 0 Å². The van der Waals surface area contributed by atoms with E-state index in [2.05, 4.69) is 4.98 Å². The van der Waals surface area contributed by atoms with E-state index in [0.29, 0.717) is 6.29 Å². The first kappa shape index (κ1) is 8.19. The topological polar surface area (TPSA) is 93.3 Å². The van der Waals surface area contributed by atoms with Gasteiger partial charge in [-0.25, -0.2) is 4.79 Å². The molecule has 0 spiro atoms. The van der Waals surface area contributed by atoms with E-state index < -0.39 is 5.97 Å². The second kappa shape index (κ2) is 3.00. The number of hydrogen-bond acceptors (Lipinski definition) is 4. The number of nitrogen functional groups attached to an aromatic ring is 1. The zero-order valence-electron chi connectivity index (χ0n) is 6.02. The summed E-state index contributed by atoms with van der Waals surface area (Å²) < 4.78 is 0. The van der Waals surface area contributed by atoms with Gasteiger partial charge in [-0.3, -0.25) is 9.78 Å². The summed E-state index contributed by atoms with van der Waals surface area (Å²) in [6.45, 7) is 0. The molecule has 0 atom stereocenters. The van der Waals surface area contributed by atoms with Crippen LogP contribution >= 0.6 is 0 Å². The lowest BCUT2D eigenvalue weighted by atomic mass is 10.1. The molecule has 0 radical (unpaired) electrons. The Labute approximate surface area is 67.8 Å². The third-order valence-corrected chi connectivity index (χ3v) is 1.38. The zero-order valence-corrected chi connectivity index (χ0v) is 6.02. The molecule has 1 aromatic rings. The molecule has 0 aliphatic carbocycles. The van der Waals surface area contributed by atoms with E-state index in [1.54, 1.807) is 0 Å². The molecule has 0 aliphatic rings. The van der Waals surface area contributed by atoms with E-state index >= 15 is 0 Å². The minimum absolute atomic E-state index is 0.0486. The first-order chi connectivity index (χ1) is 5.66. The Morgan fingerprint density at radius 2 is 2.25 bits per heavy atom. The van der Waals surface area contributed by atoms with Crippen molar-refractivity contribution in [2.75, 3.05) is 5.73 Å². The Hall–Kier alpha value is -1.91. The van der Waals surface area contributed by atoms with Crippen LogP contribution in [0.5, 0.6) is 0 Å². The smallest absolute Gasteiger partial charge is 0.339 e. The van der Waals surface area contributed by atoms with Gasteiger partial charge in [-0.15, -0.1) is 0 Å². The molecule has 0 unspecified atom stereocenters. The number of aromatic carboxylic acids is 1. The van der Waals surface area contributed by atoms with Gasteiger partial charge in [0.25, 0.3) is 0 Å². The molecule has 0 aliphatic heterocycles. The number of pyridine rings is 1. The van der Waals surface area contributed by atoms with Gasteiger partial charge >= 0.3 is 5.97 Å². The number of aromatic nitrogens is 1. The zero-order chi connectivity index (χ0) is 9.14. The Kier molecular flexibility index (Phi) is 2.05. The van der Waals surface area contributed by atoms with Crippen molar-refractivity contribution < 1.29 is 14.7 Å². The van der Waals surface area contributed by atoms with Crippen LogP contribution in [0.3, 0.4) is 0 Å². The van der Waals surface area contributed by atoms with Crippen molar-refractivity contribution in [3.63, 3.8) is 0 Å². The van der Waals surface area contributed by atoms with Crippen molar-refractivity contribution in [1.82, 2.24) is 4.98 Å². The molecule has 0 saturated carbocycles. The molecule has 5 heteroatoms. The SMILES string of the molecule is Nc1c(C=O)cncc1C(=O)O. The van der Waals surface area contributed by atoms with Crippen LogP contribution in [-0.2, 0) is 0 Å². The van der Waals surface area contributed by atoms with Gasteiger partial charge in [0.05, 0.1) is 11.3 Å². The first-order valence-electron chi connectivity index (χ1n) is 3.08. The number of hydrogen-bond donors (Lipinski definition) is 2. The summed E-state index contributed by atoms with van der Waals surface area (Å²) >= 11 is 0. The van der Waals surface area contributed by atoms with E-state index in [9.17, 15) is 9.59 Å². The van der Waals surface area contributed by atoms with Crippen LogP contribution < -0.4 is 5.73 Å². The van der Waals surface area contributed by atoms with Crippen LogP contribution in [0.1, 0.15) is 20.7 Å². The number of nitrogens with two attached hydrogens (primary N) is 1. The summed E-state index contributed by atoms with van der Waals surface area (Å²) in [7, 11) is 0. The standard InChI is InChI=1S/C7H6N2O3/c8-6-4(3-10)1-9-2-5(6)7(11)12/h1-3H,(H2,8,9)(H,11,12). The average molecular weight is 166 g/mol. The van der Waals surface area contributed by atoms with Crippen molar-refractivity contribution in [3.8, 4) is 0 Å². The summed E-state index contributed by atoms with van der Waals surface area (Å²) in [5, 5.41) is 8.55. The van der Waals surface area contributed by atoms with Gasteiger partial charge in [-0.1, -0.05) is 0 Å². The third-order valence-electron chi connectivity index (χ3n) is 1.38. The fourth-order valence-corrected chi connectivity index (χ4v) is 0.751. The van der Waals surface area contributed by atoms with Gasteiger partial charge in [0, 0.05) is 12.4 Å². The monoisotopic (exact) mass is 166 g/mol. The number of aldehydes is 1. The predicted octanol–water partition coefficient (Wildman–Crippen LogP) is 0.175. The van der Waals surface area contributed by atoms with E-state index in [0.717, 1.165) is 6.20 Å². The minimum Gasteiger partial charge on any atom is -0.478 e. The van der Waals surface area contributed by atoms with Crippen LogP contribution in [0, 0.1) is 0 Å². The number of anilines is 1. The molecule has 1 aromatic heterocycles. The fourth-order valence-electron chi connectivity index (χ4n) is 0.751. The van der Waals surface area contributed by atoms with Gasteiger partial charge in [0.15, 0.2) is 6.29 Å². The number of nitrogens with zero attached hydrogens (tertiary/aromatic N) is 1. The highest BCUT2D eigenvalue weighted by Gasteiger charge is 2.10. The van der Waals surface area contributed by atoms with Gasteiger partial charge < -0.3 is 10.8 Å². The van der Waals surface area contributed by atoms with E-state index in [-0.39, 0.29) is 16.8 Å². The highest BCUT2D eigenvalue weighted by Crippen LogP contribution is 2.13. The summed E-state index contributed by atoms with van der Waals surface area (Å²) in [5.74, 6) is -1.19. The maximum atomic E-state index is 10.5. The fraction of sp³-hybridized carbons (Fsp3) is 0. The van der Waals surface area contributed by atoms with Crippen molar-refractivity contribution >= 4 is 17.9 Å². The molecule has 3 N–H and O–H groups in total. The van der Waals surface area contributed by atoms with Gasteiger partial charge in [-0.05, 0) is 0 Å². The highest BCUT2D eigenvalue weighted by atomic mass is 16.4. The van der Waals surface area contributed by atoms with Gasteiger partial charge in [0.1, 0.15) is 5.56 Å². The third kappa shape index (κ3) is 1.24. The molecule has 0 aromatic carbocycles. The normalized spacial score (nSPS) is 9.33. The second-order valence-electron chi connectivity index (χ2n) is 2.11. The quantitative estimate of drug-likeness (QED) is 0.611. The van der Waals surface area contributed by atoms with E-state index in [1.165, 1.54) is 6.20 Å². The van der Waals surface area contributed by atoms with Crippen molar-refractivity contribution in [2.45, 2.75) is 0 Å². The van der Waals surface area contributed by atoms with E-state index in [4.69, 9.17) is 10.8 Å². The van der Waals surface area contributed by atoms with Crippen LogP contribution in [0.4, 0.5) is 5.69 Å². The molecule has 1 rings (SSSR count). The number of carboxylic acid groups (broad SMARTS) is 1. The molecule has 0 amide bonds. The molecule has 0 bridgehead atoms. The highest BCUT2D eigenvalue weighted by molar-refractivity contribution is 5.98. The summed E-state index contributed by atoms with van der Waals surface area (Å²) in [6.07, 6.45) is 2.79. The predicted molar refractivity (Wildman–Crippen MR) is 41.0 cm³/mol. The molecule has 5 nitrogen and oxygen atoms in total. The number of rotatable bonds is 2. The van der Waals surface area contributed by atoms with Gasteiger partial charge in [0.2, 0.25) is 0 Å². The molecular formula is C7H6N2O3. The van der Waals surface area contributed by atoms with Crippen LogP contribution in [0.2, 0.25) is 0 Å². The second-order valence-corrected chi connectivity index (χ2v) is 2.11. The number of carbonyl (C=O) groups is 2. The van der Waals surface area contributed by atoms with Crippen LogP contribution in [0.25, 0.3) is 0 Å². The molecule has 1 heterocycles. The largest absolute Gasteiger partial charge is 0.478 e. The van der Waals surface area contributed by atoms with Crippen molar-refractivity contribution in [3.05, 3.63) is 23.5 Å². The Balaban J connectivity index is 3.32. The summed E-state index contributed by atoms with van der Waals surface area (Å²) in [5.41, 5.74) is 5.23. The molecule has 62 valence electrons. The first-order valence-corrected chi connectivity index (χ1v) is 3.08. The lowest BCUT2D eigenvalue weighted by Crippen LogP contribution is -2.05. The lowest BCUT2D eigenvalue weighted by Gasteiger charge is -2.00. The number of carbonyl (C=O) groups excluding carboxylic acids is 1. The number of carboxylic acids is 1. The lowest BCUT2D eigenvalue weighted by molar-refractivity contribution is 0.0697. The Morgan fingerprint density at radius 1 is 1.58 bits per heavy atom.